The Morgan fingerprint density at radius 2 is 2.05 bits per heavy atom. The summed E-state index contributed by atoms with van der Waals surface area (Å²) in [6.07, 6.45) is 1.42. The summed E-state index contributed by atoms with van der Waals surface area (Å²) >= 11 is 0. The molecule has 1 atom stereocenters. The second-order valence-corrected chi connectivity index (χ2v) is 5.00. The molecule has 5 heteroatoms. The van der Waals surface area contributed by atoms with Gasteiger partial charge in [0.2, 0.25) is 0 Å². The lowest BCUT2D eigenvalue weighted by molar-refractivity contribution is -0.0230. The number of benzene rings is 1. The molecule has 108 valence electrons. The molecular formula is C16H17N3O2. The molecule has 0 bridgehead atoms. The Hall–Kier alpha value is -2.40. The minimum absolute atomic E-state index is 0.0840. The summed E-state index contributed by atoms with van der Waals surface area (Å²) in [7, 11) is 0. The maximum absolute atomic E-state index is 12.5. The highest BCUT2D eigenvalue weighted by molar-refractivity contribution is 5.92. The molecule has 0 spiro atoms. The van der Waals surface area contributed by atoms with Crippen LogP contribution < -0.4 is 5.73 Å². The zero-order valence-electron chi connectivity index (χ0n) is 11.6. The van der Waals surface area contributed by atoms with Gasteiger partial charge in [-0.25, -0.2) is 4.98 Å². The summed E-state index contributed by atoms with van der Waals surface area (Å²) in [5.74, 6) is -0.0840. The number of morpholine rings is 1. The summed E-state index contributed by atoms with van der Waals surface area (Å²) in [6.45, 7) is 1.64. The normalized spacial score (nSPS) is 18.5. The molecule has 0 aliphatic carbocycles. The van der Waals surface area contributed by atoms with Gasteiger partial charge in [0.05, 0.1) is 25.0 Å². The molecule has 21 heavy (non-hydrogen) atoms. The average Bonchev–Trinajstić information content (AvgIpc) is 2.56. The quantitative estimate of drug-likeness (QED) is 0.913. The van der Waals surface area contributed by atoms with Crippen molar-refractivity contribution in [2.75, 3.05) is 25.4 Å². The molecule has 0 radical (unpaired) electrons. The third-order valence-corrected chi connectivity index (χ3v) is 3.53. The van der Waals surface area contributed by atoms with Crippen molar-refractivity contribution >= 4 is 11.6 Å². The number of hydrogen-bond acceptors (Lipinski definition) is 4. The summed E-state index contributed by atoms with van der Waals surface area (Å²) in [4.78, 5) is 18.3. The molecule has 2 aromatic rings. The molecule has 1 aromatic heterocycles. The van der Waals surface area contributed by atoms with Crippen LogP contribution in [0, 0.1) is 0 Å². The van der Waals surface area contributed by atoms with Gasteiger partial charge in [-0.3, -0.25) is 4.79 Å². The highest BCUT2D eigenvalue weighted by atomic mass is 16.5. The Kier molecular flexibility index (Phi) is 3.83. The number of amides is 1. The van der Waals surface area contributed by atoms with Crippen LogP contribution >= 0.6 is 0 Å². The lowest BCUT2D eigenvalue weighted by atomic mass is 10.1. The third-order valence-electron chi connectivity index (χ3n) is 3.53. The SMILES string of the molecule is Nc1ccc(C(=O)N2CCOC(c3ccccc3)C2)nc1. The lowest BCUT2D eigenvalue weighted by Crippen LogP contribution is -2.42. The number of rotatable bonds is 2. The third kappa shape index (κ3) is 3.03. The van der Waals surface area contributed by atoms with Crippen LogP contribution in [-0.2, 0) is 4.74 Å². The molecule has 1 amide bonds. The standard InChI is InChI=1S/C16H17N3O2/c17-13-6-7-14(18-10-13)16(20)19-8-9-21-15(11-19)12-4-2-1-3-5-12/h1-7,10,15H,8-9,11,17H2. The number of ether oxygens (including phenoxy) is 1. The van der Waals surface area contributed by atoms with E-state index in [1.165, 1.54) is 6.20 Å². The molecule has 1 aliphatic heterocycles. The van der Waals surface area contributed by atoms with Crippen molar-refractivity contribution in [1.82, 2.24) is 9.88 Å². The number of aromatic nitrogens is 1. The Morgan fingerprint density at radius 3 is 2.76 bits per heavy atom. The Labute approximate surface area is 123 Å². The van der Waals surface area contributed by atoms with Gasteiger partial charge in [-0.05, 0) is 17.7 Å². The summed E-state index contributed by atoms with van der Waals surface area (Å²) in [6, 6.07) is 13.3. The molecule has 5 nitrogen and oxygen atoms in total. The zero-order chi connectivity index (χ0) is 14.7. The van der Waals surface area contributed by atoms with E-state index in [9.17, 15) is 4.79 Å². The molecule has 1 saturated heterocycles. The number of hydrogen-bond donors (Lipinski definition) is 1. The molecule has 1 fully saturated rings. The molecule has 2 N–H and O–H groups in total. The molecule has 1 unspecified atom stereocenters. The number of anilines is 1. The van der Waals surface area contributed by atoms with E-state index in [0.29, 0.717) is 31.1 Å². The van der Waals surface area contributed by atoms with Crippen LogP contribution in [0.15, 0.2) is 48.7 Å². The first-order chi connectivity index (χ1) is 10.2. The van der Waals surface area contributed by atoms with Crippen LogP contribution in [0.2, 0.25) is 0 Å². The van der Waals surface area contributed by atoms with Gasteiger partial charge in [-0.2, -0.15) is 0 Å². The predicted octanol–water partition coefficient (Wildman–Crippen LogP) is 1.88. The number of pyridine rings is 1. The van der Waals surface area contributed by atoms with Crippen LogP contribution in [0.3, 0.4) is 0 Å². The summed E-state index contributed by atoms with van der Waals surface area (Å²) in [5, 5.41) is 0. The van der Waals surface area contributed by atoms with Crippen molar-refractivity contribution in [3.05, 3.63) is 59.9 Å². The van der Waals surface area contributed by atoms with Crippen molar-refractivity contribution in [3.63, 3.8) is 0 Å². The van der Waals surface area contributed by atoms with Gasteiger partial charge in [0.1, 0.15) is 11.8 Å². The van der Waals surface area contributed by atoms with Crippen molar-refractivity contribution in [3.8, 4) is 0 Å². The van der Waals surface area contributed by atoms with E-state index in [1.807, 2.05) is 30.3 Å². The van der Waals surface area contributed by atoms with Gasteiger partial charge in [0, 0.05) is 6.54 Å². The van der Waals surface area contributed by atoms with E-state index < -0.39 is 0 Å². The van der Waals surface area contributed by atoms with E-state index in [4.69, 9.17) is 10.5 Å². The van der Waals surface area contributed by atoms with Crippen LogP contribution in [0.25, 0.3) is 0 Å². The summed E-state index contributed by atoms with van der Waals surface area (Å²) in [5.41, 5.74) is 7.65. The highest BCUT2D eigenvalue weighted by Gasteiger charge is 2.26. The molecular weight excluding hydrogens is 266 g/mol. The van der Waals surface area contributed by atoms with Gasteiger partial charge in [-0.1, -0.05) is 30.3 Å². The zero-order valence-corrected chi connectivity index (χ0v) is 11.6. The van der Waals surface area contributed by atoms with Crippen LogP contribution in [0.5, 0.6) is 0 Å². The van der Waals surface area contributed by atoms with Crippen molar-refractivity contribution < 1.29 is 9.53 Å². The monoisotopic (exact) mass is 283 g/mol. The largest absolute Gasteiger partial charge is 0.397 e. The van der Waals surface area contributed by atoms with Crippen LogP contribution in [0.4, 0.5) is 5.69 Å². The fraction of sp³-hybridized carbons (Fsp3) is 0.250. The number of nitrogens with two attached hydrogens (primary N) is 1. The fourth-order valence-corrected chi connectivity index (χ4v) is 2.40. The van der Waals surface area contributed by atoms with Gasteiger partial charge in [0.15, 0.2) is 0 Å². The van der Waals surface area contributed by atoms with Crippen LogP contribution in [0.1, 0.15) is 22.2 Å². The smallest absolute Gasteiger partial charge is 0.272 e. The van der Waals surface area contributed by atoms with Crippen molar-refractivity contribution in [2.24, 2.45) is 0 Å². The van der Waals surface area contributed by atoms with E-state index in [2.05, 4.69) is 4.98 Å². The maximum atomic E-state index is 12.5. The van der Waals surface area contributed by atoms with Gasteiger partial charge in [0.25, 0.3) is 5.91 Å². The van der Waals surface area contributed by atoms with Crippen molar-refractivity contribution in [1.29, 1.82) is 0 Å². The molecule has 2 heterocycles. The second-order valence-electron chi connectivity index (χ2n) is 5.00. The average molecular weight is 283 g/mol. The minimum Gasteiger partial charge on any atom is -0.397 e. The minimum atomic E-state index is -0.0855. The van der Waals surface area contributed by atoms with Crippen LogP contribution in [-0.4, -0.2) is 35.5 Å². The Balaban J connectivity index is 1.74. The molecule has 0 saturated carbocycles. The molecule has 1 aromatic carbocycles. The van der Waals surface area contributed by atoms with Crippen molar-refractivity contribution in [2.45, 2.75) is 6.10 Å². The van der Waals surface area contributed by atoms with E-state index in [1.54, 1.807) is 17.0 Å². The van der Waals surface area contributed by atoms with Gasteiger partial charge >= 0.3 is 0 Å². The Bertz CT molecular complexity index is 613. The predicted molar refractivity (Wildman–Crippen MR) is 79.7 cm³/mol. The van der Waals surface area contributed by atoms with Gasteiger partial charge < -0.3 is 15.4 Å². The van der Waals surface area contributed by atoms with E-state index in [0.717, 1.165) is 5.56 Å². The van der Waals surface area contributed by atoms with E-state index in [-0.39, 0.29) is 12.0 Å². The maximum Gasteiger partial charge on any atom is 0.272 e. The molecule has 3 rings (SSSR count). The lowest BCUT2D eigenvalue weighted by Gasteiger charge is -2.33. The second kappa shape index (κ2) is 5.93. The molecule has 1 aliphatic rings. The number of carbonyl (C=O) groups is 1. The highest BCUT2D eigenvalue weighted by Crippen LogP contribution is 2.22. The number of nitrogens with zero attached hydrogens (tertiary/aromatic N) is 2. The van der Waals surface area contributed by atoms with E-state index >= 15 is 0 Å². The first kappa shape index (κ1) is 13.6. The Morgan fingerprint density at radius 1 is 1.24 bits per heavy atom. The van der Waals surface area contributed by atoms with Gasteiger partial charge in [-0.15, -0.1) is 0 Å². The number of nitrogen functional groups attached to an aromatic ring is 1. The summed E-state index contributed by atoms with van der Waals surface area (Å²) < 4.78 is 5.77. The fourth-order valence-electron chi connectivity index (χ4n) is 2.40. The topological polar surface area (TPSA) is 68.5 Å². The first-order valence-corrected chi connectivity index (χ1v) is 6.91. The number of carbonyl (C=O) groups excluding carboxylic acids is 1. The first-order valence-electron chi connectivity index (χ1n) is 6.91.